The molecule has 154 valence electrons. The van der Waals surface area contributed by atoms with Crippen molar-refractivity contribution in [3.63, 3.8) is 0 Å². The number of imidazole rings is 1. The van der Waals surface area contributed by atoms with Crippen LogP contribution in [-0.2, 0) is 4.74 Å². The van der Waals surface area contributed by atoms with Gasteiger partial charge >= 0.3 is 0 Å². The zero-order valence-corrected chi connectivity index (χ0v) is 18.3. The lowest BCUT2D eigenvalue weighted by molar-refractivity contribution is -0.0298. The number of fused-ring (bicyclic) bond motifs is 1. The molecule has 29 heavy (non-hydrogen) atoms. The largest absolute Gasteiger partial charge is 0.495 e. The Bertz CT molecular complexity index is 1040. The maximum atomic E-state index is 14.1. The van der Waals surface area contributed by atoms with E-state index in [9.17, 15) is 4.39 Å². The molecule has 3 aromatic rings. The normalized spacial score (nSPS) is 18.0. The Balaban J connectivity index is 1.67. The van der Waals surface area contributed by atoms with Crippen molar-refractivity contribution < 1.29 is 13.9 Å². The van der Waals surface area contributed by atoms with Gasteiger partial charge in [-0.15, -0.1) is 0 Å². The Morgan fingerprint density at radius 2 is 2.21 bits per heavy atom. The fourth-order valence-corrected chi connectivity index (χ4v) is 4.45. The van der Waals surface area contributed by atoms with Crippen LogP contribution in [0.15, 0.2) is 23.2 Å². The zero-order valence-electron chi connectivity index (χ0n) is 16.0. The molecular weight excluding hydrogens is 465 g/mol. The Hall–Kier alpha value is -1.97. The molecule has 0 bridgehead atoms. The molecule has 0 spiro atoms. The topological polar surface area (TPSA) is 74.1 Å². The molecular formula is C19H20BrClFN5O2. The summed E-state index contributed by atoms with van der Waals surface area (Å²) in [5.74, 6) is 0.379. The van der Waals surface area contributed by atoms with E-state index in [1.807, 2.05) is 11.5 Å². The molecule has 10 heteroatoms. The molecule has 1 aliphatic heterocycles. The summed E-state index contributed by atoms with van der Waals surface area (Å²) in [6.45, 7) is 2.64. The van der Waals surface area contributed by atoms with Crippen LogP contribution in [0.3, 0.4) is 0 Å². The molecule has 1 aliphatic rings. The van der Waals surface area contributed by atoms with Crippen molar-refractivity contribution in [3.8, 4) is 5.75 Å². The standard InChI is InChI=1S/C19H20BrClFN5O2/c1-10(11-7-12(21)15(22)14(20)17(11)28-2)26-18-16-19(24-8-23-18)27(9-25-16)13-5-3-4-6-29-13/h7-10,13H,3-6H2,1-2H3,(H,23,24,26). The summed E-state index contributed by atoms with van der Waals surface area (Å²) >= 11 is 9.25. The molecule has 0 radical (unpaired) electrons. The van der Waals surface area contributed by atoms with Gasteiger partial charge in [-0.3, -0.25) is 4.57 Å². The van der Waals surface area contributed by atoms with Crippen LogP contribution >= 0.6 is 27.5 Å². The monoisotopic (exact) mass is 483 g/mol. The second-order valence-corrected chi connectivity index (χ2v) is 8.04. The summed E-state index contributed by atoms with van der Waals surface area (Å²) < 4.78 is 27.5. The molecule has 3 heterocycles. The minimum Gasteiger partial charge on any atom is -0.495 e. The second kappa shape index (κ2) is 8.41. The van der Waals surface area contributed by atoms with Gasteiger partial charge in [-0.25, -0.2) is 19.3 Å². The molecule has 2 aromatic heterocycles. The van der Waals surface area contributed by atoms with Gasteiger partial charge in [0, 0.05) is 12.2 Å². The number of rotatable bonds is 5. The van der Waals surface area contributed by atoms with Gasteiger partial charge < -0.3 is 14.8 Å². The van der Waals surface area contributed by atoms with Gasteiger partial charge in [0.2, 0.25) is 0 Å². The predicted molar refractivity (Wildman–Crippen MR) is 112 cm³/mol. The van der Waals surface area contributed by atoms with E-state index in [-0.39, 0.29) is 21.8 Å². The lowest BCUT2D eigenvalue weighted by Gasteiger charge is -2.23. The number of hydrogen-bond acceptors (Lipinski definition) is 6. The van der Waals surface area contributed by atoms with E-state index in [0.29, 0.717) is 28.3 Å². The van der Waals surface area contributed by atoms with Crippen molar-refractivity contribution in [2.75, 3.05) is 19.0 Å². The maximum Gasteiger partial charge on any atom is 0.167 e. The SMILES string of the molecule is COc1c(C(C)Nc2ncnc3c2ncn3C2CCCCO2)cc(Cl)c(F)c1Br. The van der Waals surface area contributed by atoms with Crippen LogP contribution in [0, 0.1) is 5.82 Å². The maximum absolute atomic E-state index is 14.1. The number of benzene rings is 1. The fourth-order valence-electron chi connectivity index (χ4n) is 3.52. The van der Waals surface area contributed by atoms with Crippen molar-refractivity contribution in [3.05, 3.63) is 39.6 Å². The minimum atomic E-state index is -0.560. The van der Waals surface area contributed by atoms with Crippen molar-refractivity contribution >= 4 is 44.5 Å². The first-order valence-corrected chi connectivity index (χ1v) is 10.5. The van der Waals surface area contributed by atoms with Crippen LogP contribution in [-0.4, -0.2) is 33.2 Å². The van der Waals surface area contributed by atoms with Crippen molar-refractivity contribution in [1.29, 1.82) is 0 Å². The number of ether oxygens (including phenoxy) is 2. The third kappa shape index (κ3) is 3.78. The van der Waals surface area contributed by atoms with E-state index >= 15 is 0 Å². The van der Waals surface area contributed by atoms with Gasteiger partial charge in [0.25, 0.3) is 0 Å². The van der Waals surface area contributed by atoms with Crippen molar-refractivity contribution in [2.45, 2.75) is 38.5 Å². The molecule has 2 unspecified atom stereocenters. The van der Waals surface area contributed by atoms with Crippen LogP contribution < -0.4 is 10.1 Å². The van der Waals surface area contributed by atoms with Gasteiger partial charge in [0.15, 0.2) is 22.8 Å². The quantitative estimate of drug-likeness (QED) is 0.498. The predicted octanol–water partition coefficient (Wildman–Crippen LogP) is 5.26. The molecule has 1 saturated heterocycles. The van der Waals surface area contributed by atoms with E-state index in [4.69, 9.17) is 21.1 Å². The Labute approximate surface area is 180 Å². The van der Waals surface area contributed by atoms with Crippen LogP contribution in [0.2, 0.25) is 5.02 Å². The lowest BCUT2D eigenvalue weighted by atomic mass is 10.1. The summed E-state index contributed by atoms with van der Waals surface area (Å²) in [4.78, 5) is 13.2. The van der Waals surface area contributed by atoms with E-state index in [1.165, 1.54) is 13.4 Å². The van der Waals surface area contributed by atoms with Crippen LogP contribution in [0.5, 0.6) is 5.75 Å². The highest BCUT2D eigenvalue weighted by Gasteiger charge is 2.23. The number of methoxy groups -OCH3 is 1. The molecule has 1 fully saturated rings. The molecule has 2 atom stereocenters. The van der Waals surface area contributed by atoms with Crippen LogP contribution in [0.4, 0.5) is 10.2 Å². The highest BCUT2D eigenvalue weighted by Crippen LogP contribution is 2.40. The van der Waals surface area contributed by atoms with E-state index < -0.39 is 5.82 Å². The summed E-state index contributed by atoms with van der Waals surface area (Å²) in [5.41, 5.74) is 2.03. The van der Waals surface area contributed by atoms with E-state index in [0.717, 1.165) is 25.9 Å². The smallest absolute Gasteiger partial charge is 0.167 e. The molecule has 1 aromatic carbocycles. The first-order valence-electron chi connectivity index (χ1n) is 9.28. The van der Waals surface area contributed by atoms with Gasteiger partial charge in [-0.1, -0.05) is 11.6 Å². The van der Waals surface area contributed by atoms with E-state index in [2.05, 4.69) is 36.2 Å². The number of anilines is 1. The number of aromatic nitrogens is 4. The lowest BCUT2D eigenvalue weighted by Crippen LogP contribution is -2.17. The average molecular weight is 485 g/mol. The highest BCUT2D eigenvalue weighted by molar-refractivity contribution is 9.10. The first kappa shape index (κ1) is 20.3. The molecule has 7 nitrogen and oxygen atoms in total. The summed E-state index contributed by atoms with van der Waals surface area (Å²) in [6, 6.07) is 1.26. The van der Waals surface area contributed by atoms with Crippen LogP contribution in [0.1, 0.15) is 44.0 Å². The fraction of sp³-hybridized carbons (Fsp3) is 0.421. The molecule has 0 aliphatic carbocycles. The Morgan fingerprint density at radius 3 is 2.93 bits per heavy atom. The minimum absolute atomic E-state index is 0.00730. The molecule has 1 N–H and O–H groups in total. The van der Waals surface area contributed by atoms with Gasteiger partial charge in [0.05, 0.1) is 29.0 Å². The molecule has 4 rings (SSSR count). The molecule has 0 amide bonds. The second-order valence-electron chi connectivity index (χ2n) is 6.84. The number of nitrogens with one attached hydrogen (secondary N) is 1. The van der Waals surface area contributed by atoms with E-state index in [1.54, 1.807) is 12.4 Å². The average Bonchev–Trinajstić information content (AvgIpc) is 3.17. The number of hydrogen-bond donors (Lipinski definition) is 1. The van der Waals surface area contributed by atoms with Gasteiger partial charge in [-0.2, -0.15) is 0 Å². The third-order valence-electron chi connectivity index (χ3n) is 4.99. The third-order valence-corrected chi connectivity index (χ3v) is 5.98. The highest BCUT2D eigenvalue weighted by atomic mass is 79.9. The zero-order chi connectivity index (χ0) is 20.5. The molecule has 0 saturated carbocycles. The number of halogens is 3. The van der Waals surface area contributed by atoms with Crippen molar-refractivity contribution in [2.24, 2.45) is 0 Å². The van der Waals surface area contributed by atoms with Gasteiger partial charge in [0.1, 0.15) is 18.3 Å². The Morgan fingerprint density at radius 1 is 1.38 bits per heavy atom. The summed E-state index contributed by atoms with van der Waals surface area (Å²) in [6.07, 6.45) is 6.26. The van der Waals surface area contributed by atoms with Crippen molar-refractivity contribution in [1.82, 2.24) is 19.5 Å². The Kier molecular flexibility index (Phi) is 5.89. The summed E-state index contributed by atoms with van der Waals surface area (Å²) in [7, 11) is 1.48. The van der Waals surface area contributed by atoms with Gasteiger partial charge in [-0.05, 0) is 48.2 Å². The summed E-state index contributed by atoms with van der Waals surface area (Å²) in [5, 5.41) is 3.32. The van der Waals surface area contributed by atoms with Crippen LogP contribution in [0.25, 0.3) is 11.2 Å². The number of nitrogens with zero attached hydrogens (tertiary/aromatic N) is 4. The first-order chi connectivity index (χ1) is 14.0.